The summed E-state index contributed by atoms with van der Waals surface area (Å²) >= 11 is 0. The van der Waals surface area contributed by atoms with Crippen molar-refractivity contribution in [1.82, 2.24) is 14.6 Å². The summed E-state index contributed by atoms with van der Waals surface area (Å²) in [6.45, 7) is 1.43. The molecule has 33 heavy (non-hydrogen) atoms. The number of fused-ring (bicyclic) bond motifs is 1. The van der Waals surface area contributed by atoms with Crippen LogP contribution in [0.3, 0.4) is 0 Å². The number of nitrogen functional groups attached to an aromatic ring is 1. The van der Waals surface area contributed by atoms with Gasteiger partial charge in [-0.25, -0.2) is 0 Å². The predicted molar refractivity (Wildman–Crippen MR) is 122 cm³/mol. The monoisotopic (exact) mass is 476 g/mol. The first-order chi connectivity index (χ1) is 15.9. The van der Waals surface area contributed by atoms with Gasteiger partial charge in [0.15, 0.2) is 0 Å². The summed E-state index contributed by atoms with van der Waals surface area (Å²) in [5.41, 5.74) is 4.94. The maximum atomic E-state index is 12.0. The Morgan fingerprint density at radius 1 is 1.33 bits per heavy atom. The number of aldehydes is 1. The third-order valence-corrected chi connectivity index (χ3v) is 6.80. The van der Waals surface area contributed by atoms with E-state index in [4.69, 9.17) is 24.3 Å². The van der Waals surface area contributed by atoms with Crippen LogP contribution in [-0.2, 0) is 18.8 Å². The molecule has 3 atom stereocenters. The topological polar surface area (TPSA) is 147 Å². The zero-order valence-corrected chi connectivity index (χ0v) is 18.8. The molecule has 0 spiro atoms. The van der Waals surface area contributed by atoms with Crippen LogP contribution in [0.5, 0.6) is 5.75 Å². The summed E-state index contributed by atoms with van der Waals surface area (Å²) in [4.78, 5) is 38.1. The molecule has 2 aromatic carbocycles. The third-order valence-electron chi connectivity index (χ3n) is 4.92. The molecule has 1 aliphatic heterocycles. The average molecular weight is 476 g/mol. The number of carbonyl (C=O) groups is 1. The van der Waals surface area contributed by atoms with Gasteiger partial charge in [-0.15, -0.1) is 0 Å². The van der Waals surface area contributed by atoms with E-state index in [1.807, 2.05) is 30.3 Å². The molecule has 12 heteroatoms. The summed E-state index contributed by atoms with van der Waals surface area (Å²) in [5.74, 6) is 0.505. The zero-order chi connectivity index (χ0) is 23.4. The molecular formula is C21H25N4O7P. The first-order valence-corrected chi connectivity index (χ1v) is 12.0. The number of hydrogen-bond acceptors (Lipinski definition) is 10. The Hall–Kier alpha value is -2.92. The predicted octanol–water partition coefficient (Wildman–Crippen LogP) is 1.52. The summed E-state index contributed by atoms with van der Waals surface area (Å²) < 4.78 is 24.1. The fraction of sp³-hybridized carbons (Fsp3) is 0.286. The van der Waals surface area contributed by atoms with Crippen molar-refractivity contribution in [3.8, 4) is 5.75 Å². The van der Waals surface area contributed by atoms with Crippen molar-refractivity contribution < 1.29 is 28.2 Å². The number of aromatic nitrogens is 2. The minimum absolute atomic E-state index is 0.0713. The fourth-order valence-electron chi connectivity index (χ4n) is 3.36. The van der Waals surface area contributed by atoms with Gasteiger partial charge in [0.2, 0.25) is 0 Å². The van der Waals surface area contributed by atoms with Crippen LogP contribution in [-0.4, -0.2) is 46.3 Å². The van der Waals surface area contributed by atoms with Gasteiger partial charge in [-0.05, 0) is 0 Å². The van der Waals surface area contributed by atoms with E-state index in [9.17, 15) is 14.5 Å². The number of anilines is 1. The molecule has 1 aromatic heterocycles. The van der Waals surface area contributed by atoms with Crippen molar-refractivity contribution in [2.24, 2.45) is 0 Å². The third kappa shape index (κ3) is 5.53. The van der Waals surface area contributed by atoms with E-state index in [0.29, 0.717) is 12.0 Å². The molecule has 4 N–H and O–H groups in total. The van der Waals surface area contributed by atoms with Crippen LogP contribution in [0.4, 0.5) is 5.82 Å². The minimum atomic E-state index is -4.12. The molecule has 1 fully saturated rings. The molecular weight excluding hydrogens is 451 g/mol. The molecule has 2 unspecified atom stereocenters. The molecule has 1 saturated heterocycles. The van der Waals surface area contributed by atoms with Crippen LogP contribution >= 0.6 is 8.09 Å². The van der Waals surface area contributed by atoms with E-state index < -0.39 is 32.3 Å². The number of nitrogens with two attached hydrogens (primary N) is 1. The molecule has 0 aliphatic carbocycles. The van der Waals surface area contributed by atoms with E-state index in [2.05, 4.69) is 10.1 Å². The summed E-state index contributed by atoms with van der Waals surface area (Å²) in [7, 11) is -4.12. The van der Waals surface area contributed by atoms with Crippen LogP contribution in [0, 0.1) is 0 Å². The van der Waals surface area contributed by atoms with Crippen LogP contribution in [0.1, 0.15) is 13.2 Å². The van der Waals surface area contributed by atoms with Gasteiger partial charge < -0.3 is 0 Å². The zero-order valence-electron chi connectivity index (χ0n) is 17.8. The summed E-state index contributed by atoms with van der Waals surface area (Å²) in [6.07, 6.45) is 0.481. The summed E-state index contributed by atoms with van der Waals surface area (Å²) in [5, 5.41) is 4.43. The Balaban J connectivity index is 1.47. The Kier molecular flexibility index (Phi) is 6.99. The van der Waals surface area contributed by atoms with Crippen LogP contribution in [0.25, 0.3) is 10.8 Å². The van der Waals surface area contributed by atoms with Crippen molar-refractivity contribution >= 4 is 31.0 Å². The van der Waals surface area contributed by atoms with E-state index in [0.717, 1.165) is 10.8 Å². The van der Waals surface area contributed by atoms with Crippen molar-refractivity contribution in [2.45, 2.75) is 25.5 Å². The number of rotatable bonds is 9. The molecule has 3 aromatic rings. The van der Waals surface area contributed by atoms with Gasteiger partial charge in [0, 0.05) is 0 Å². The Labute approximate surface area is 189 Å². The Morgan fingerprint density at radius 2 is 2.12 bits per heavy atom. The van der Waals surface area contributed by atoms with E-state index in [-0.39, 0.29) is 19.0 Å². The van der Waals surface area contributed by atoms with Gasteiger partial charge in [-0.3, -0.25) is 0 Å². The molecule has 0 saturated carbocycles. The molecule has 0 amide bonds. The first kappa shape index (κ1) is 23.2. The Morgan fingerprint density at radius 3 is 2.91 bits per heavy atom. The number of hydrogen-bond donors (Lipinski definition) is 3. The Bertz CT molecular complexity index is 1190. The van der Waals surface area contributed by atoms with Crippen LogP contribution < -0.4 is 21.0 Å². The van der Waals surface area contributed by atoms with Crippen molar-refractivity contribution in [3.05, 3.63) is 65.2 Å². The number of carbonyl (C=O) groups excluding carboxylic acids is 1. The number of nitrogens with zero attached hydrogens (tertiary/aromatic N) is 2. The molecule has 0 bridgehead atoms. The van der Waals surface area contributed by atoms with Gasteiger partial charge in [-0.2, -0.15) is 0 Å². The standard InChI is InChI=1S/C21H25N4O7P/c1-14(11-26)24-33(28,32-17-8-4-6-15-5-2-3-7-16(15)17)30-13-20-29-12-19(31-20)25-10-9-18(22)23-21(25)27/h2-11,14,19-20,24,28,33H,12-13H2,1H3,(H2,22,23,27)/t14-,19?,20?/m0/s1. The van der Waals surface area contributed by atoms with Gasteiger partial charge in [0.25, 0.3) is 0 Å². The maximum absolute atomic E-state index is 12.0. The molecule has 2 heterocycles. The number of benzene rings is 2. The molecule has 176 valence electrons. The van der Waals surface area contributed by atoms with Gasteiger partial charge in [0.1, 0.15) is 0 Å². The van der Waals surface area contributed by atoms with E-state index in [1.54, 1.807) is 19.1 Å². The van der Waals surface area contributed by atoms with Gasteiger partial charge >= 0.3 is 189 Å². The van der Waals surface area contributed by atoms with Crippen molar-refractivity contribution in [1.29, 1.82) is 0 Å². The van der Waals surface area contributed by atoms with Crippen molar-refractivity contribution in [3.63, 3.8) is 0 Å². The molecule has 0 radical (unpaired) electrons. The molecule has 11 nitrogen and oxygen atoms in total. The first-order valence-electron chi connectivity index (χ1n) is 10.2. The van der Waals surface area contributed by atoms with Crippen LogP contribution in [0.15, 0.2) is 59.5 Å². The van der Waals surface area contributed by atoms with Gasteiger partial charge in [-0.1, -0.05) is 0 Å². The number of nitrogens with one attached hydrogen (secondary N) is 1. The second-order valence-corrected chi connectivity index (χ2v) is 9.38. The SMILES string of the molecule is C[C@@H](C=O)N[PH](O)(OCC1OCC(n2ccc(N)nc2=O)O1)Oc1cccc2ccccc12. The second-order valence-electron chi connectivity index (χ2n) is 7.44. The van der Waals surface area contributed by atoms with Crippen LogP contribution in [0.2, 0.25) is 0 Å². The molecule has 4 rings (SSSR count). The quantitative estimate of drug-likeness (QED) is 0.307. The van der Waals surface area contributed by atoms with E-state index in [1.165, 1.54) is 16.8 Å². The summed E-state index contributed by atoms with van der Waals surface area (Å²) in [6, 6.07) is 13.7. The fourth-order valence-corrected chi connectivity index (χ4v) is 5.04. The average Bonchev–Trinajstić information content (AvgIpc) is 3.27. The second kappa shape index (κ2) is 9.92. The van der Waals surface area contributed by atoms with Gasteiger partial charge in [0.05, 0.1) is 0 Å². The van der Waals surface area contributed by atoms with Crippen molar-refractivity contribution in [2.75, 3.05) is 18.9 Å². The van der Waals surface area contributed by atoms with E-state index >= 15 is 0 Å². The number of ether oxygens (including phenoxy) is 2. The normalized spacial score (nSPS) is 19.9. The molecule has 1 aliphatic rings.